The Kier molecular flexibility index (Phi) is 6.16. The van der Waals surface area contributed by atoms with Crippen LogP contribution in [0.4, 0.5) is 4.79 Å². The second-order valence-corrected chi connectivity index (χ2v) is 5.85. The fourth-order valence-electron chi connectivity index (χ4n) is 1.57. The molecule has 21 heavy (non-hydrogen) atoms. The normalized spacial score (nSPS) is 10.8. The highest BCUT2D eigenvalue weighted by atomic mass is 32.2. The quantitative estimate of drug-likeness (QED) is 0.608. The molecule has 0 heterocycles. The average Bonchev–Trinajstić information content (AvgIpc) is 2.46. The van der Waals surface area contributed by atoms with Crippen molar-refractivity contribution in [3.05, 3.63) is 29.8 Å². The fraction of sp³-hybridized carbons (Fsp3) is 0.385. The molecule has 0 bridgehead atoms. The van der Waals surface area contributed by atoms with Crippen LogP contribution in [0.25, 0.3) is 0 Å². The molecule has 0 saturated carbocycles. The molecule has 116 valence electrons. The number of carbonyl (C=O) groups is 2. The van der Waals surface area contributed by atoms with E-state index in [1.165, 1.54) is 24.3 Å². The number of sulfonamides is 1. The van der Waals surface area contributed by atoms with Crippen LogP contribution in [0, 0.1) is 0 Å². The first-order chi connectivity index (χ1) is 9.92. The highest BCUT2D eigenvalue weighted by molar-refractivity contribution is 7.90. The van der Waals surface area contributed by atoms with Gasteiger partial charge >= 0.3 is 12.0 Å². The number of carbonyl (C=O) groups excluding carboxylic acids is 2. The van der Waals surface area contributed by atoms with Crippen molar-refractivity contribution >= 4 is 22.0 Å². The molecule has 8 heteroatoms. The van der Waals surface area contributed by atoms with Crippen molar-refractivity contribution in [1.29, 1.82) is 0 Å². The molecule has 0 radical (unpaired) electrons. The van der Waals surface area contributed by atoms with E-state index in [2.05, 4.69) is 10.1 Å². The Bertz CT molecular complexity index is 613. The van der Waals surface area contributed by atoms with Gasteiger partial charge in [-0.1, -0.05) is 25.5 Å². The van der Waals surface area contributed by atoms with Crippen LogP contribution in [0.1, 0.15) is 30.1 Å². The lowest BCUT2D eigenvalue weighted by Crippen LogP contribution is -2.40. The van der Waals surface area contributed by atoms with Crippen molar-refractivity contribution < 1.29 is 22.7 Å². The molecule has 1 aromatic carbocycles. The molecule has 0 fully saturated rings. The third-order valence-electron chi connectivity index (χ3n) is 2.62. The predicted molar refractivity (Wildman–Crippen MR) is 76.4 cm³/mol. The molecule has 2 amide bonds. The molecule has 7 nitrogen and oxygen atoms in total. The SMILES string of the molecule is CCCCNC(=O)NS(=O)(=O)c1ccccc1C(=O)OC. The van der Waals surface area contributed by atoms with Crippen molar-refractivity contribution in [2.75, 3.05) is 13.7 Å². The monoisotopic (exact) mass is 314 g/mol. The predicted octanol–water partition coefficient (Wildman–Crippen LogP) is 1.26. The minimum absolute atomic E-state index is 0.131. The van der Waals surface area contributed by atoms with Crippen LogP contribution in [0.2, 0.25) is 0 Å². The summed E-state index contributed by atoms with van der Waals surface area (Å²) in [5.41, 5.74) is -0.131. The van der Waals surface area contributed by atoms with Crippen LogP contribution in [-0.4, -0.2) is 34.1 Å². The summed E-state index contributed by atoms with van der Waals surface area (Å²) in [4.78, 5) is 22.8. The zero-order valence-corrected chi connectivity index (χ0v) is 12.7. The van der Waals surface area contributed by atoms with Gasteiger partial charge in [0.25, 0.3) is 10.0 Å². The van der Waals surface area contributed by atoms with E-state index in [1.807, 2.05) is 11.6 Å². The second-order valence-electron chi connectivity index (χ2n) is 4.20. The van der Waals surface area contributed by atoms with Crippen LogP contribution in [0.15, 0.2) is 29.2 Å². The van der Waals surface area contributed by atoms with Gasteiger partial charge in [-0.15, -0.1) is 0 Å². The number of unbranched alkanes of at least 4 members (excludes halogenated alkanes) is 1. The number of esters is 1. The number of rotatable bonds is 6. The zero-order valence-electron chi connectivity index (χ0n) is 11.9. The smallest absolute Gasteiger partial charge is 0.339 e. The maximum atomic E-state index is 12.1. The number of ether oxygens (including phenoxy) is 1. The van der Waals surface area contributed by atoms with E-state index in [0.717, 1.165) is 20.0 Å². The Labute approximate surface area is 123 Å². The van der Waals surface area contributed by atoms with Gasteiger partial charge in [-0.25, -0.2) is 22.7 Å². The van der Waals surface area contributed by atoms with Crippen LogP contribution in [0.5, 0.6) is 0 Å². The molecule has 0 aromatic heterocycles. The van der Waals surface area contributed by atoms with Gasteiger partial charge in [0.2, 0.25) is 0 Å². The van der Waals surface area contributed by atoms with Crippen molar-refractivity contribution in [3.63, 3.8) is 0 Å². The summed E-state index contributed by atoms with van der Waals surface area (Å²) in [6.45, 7) is 2.32. The Morgan fingerprint density at radius 2 is 1.90 bits per heavy atom. The van der Waals surface area contributed by atoms with E-state index in [4.69, 9.17) is 0 Å². The Balaban J connectivity index is 2.93. The van der Waals surface area contributed by atoms with Gasteiger partial charge in [-0.05, 0) is 18.6 Å². The van der Waals surface area contributed by atoms with E-state index in [0.29, 0.717) is 6.54 Å². The molecule has 0 aliphatic carbocycles. The molecule has 0 aliphatic rings. The van der Waals surface area contributed by atoms with Gasteiger partial charge in [0, 0.05) is 6.54 Å². The molecule has 0 spiro atoms. The van der Waals surface area contributed by atoms with Crippen LogP contribution < -0.4 is 10.0 Å². The van der Waals surface area contributed by atoms with Gasteiger partial charge in [-0.3, -0.25) is 0 Å². The van der Waals surface area contributed by atoms with Crippen molar-refractivity contribution in [2.24, 2.45) is 0 Å². The topological polar surface area (TPSA) is 102 Å². The number of methoxy groups -OCH3 is 1. The first kappa shape index (κ1) is 17.0. The van der Waals surface area contributed by atoms with E-state index in [-0.39, 0.29) is 10.5 Å². The number of nitrogens with one attached hydrogen (secondary N) is 2. The third-order valence-corrected chi connectivity index (χ3v) is 4.01. The molecule has 0 atom stereocenters. The largest absolute Gasteiger partial charge is 0.465 e. The summed E-state index contributed by atoms with van der Waals surface area (Å²) >= 11 is 0. The number of amides is 2. The standard InChI is InChI=1S/C13H18N2O5S/c1-3-4-9-14-13(17)15-21(18,19)11-8-6-5-7-10(11)12(16)20-2/h5-8H,3-4,9H2,1-2H3,(H2,14,15,17). The summed E-state index contributed by atoms with van der Waals surface area (Å²) in [7, 11) is -3.00. The van der Waals surface area contributed by atoms with Gasteiger partial charge in [0.15, 0.2) is 0 Å². The van der Waals surface area contributed by atoms with E-state index < -0.39 is 22.0 Å². The lowest BCUT2D eigenvalue weighted by molar-refractivity contribution is 0.0596. The summed E-state index contributed by atoms with van der Waals surface area (Å²) in [5.74, 6) is -0.789. The summed E-state index contributed by atoms with van der Waals surface area (Å²) in [6.07, 6.45) is 1.62. The molecule has 1 aromatic rings. The van der Waals surface area contributed by atoms with Crippen molar-refractivity contribution in [3.8, 4) is 0 Å². The van der Waals surface area contributed by atoms with Gasteiger partial charge in [-0.2, -0.15) is 0 Å². The first-order valence-corrected chi connectivity index (χ1v) is 7.88. The second kappa shape index (κ2) is 7.63. The zero-order chi connectivity index (χ0) is 15.9. The molecule has 0 saturated heterocycles. The lowest BCUT2D eigenvalue weighted by atomic mass is 10.2. The summed E-state index contributed by atoms with van der Waals surface area (Å²) in [6, 6.07) is 4.68. The van der Waals surface area contributed by atoms with Crippen LogP contribution >= 0.6 is 0 Å². The highest BCUT2D eigenvalue weighted by Gasteiger charge is 2.24. The third kappa shape index (κ3) is 4.75. The molecular weight excluding hydrogens is 296 g/mol. The number of benzene rings is 1. The number of urea groups is 1. The molecule has 2 N–H and O–H groups in total. The minimum Gasteiger partial charge on any atom is -0.465 e. The van der Waals surface area contributed by atoms with Crippen LogP contribution in [0.3, 0.4) is 0 Å². The lowest BCUT2D eigenvalue weighted by Gasteiger charge is -2.11. The fourth-order valence-corrected chi connectivity index (χ4v) is 2.70. The average molecular weight is 314 g/mol. The Morgan fingerprint density at radius 1 is 1.24 bits per heavy atom. The molecule has 1 rings (SSSR count). The highest BCUT2D eigenvalue weighted by Crippen LogP contribution is 2.16. The van der Waals surface area contributed by atoms with Crippen LogP contribution in [-0.2, 0) is 14.8 Å². The van der Waals surface area contributed by atoms with Gasteiger partial charge < -0.3 is 10.1 Å². The molecule has 0 aliphatic heterocycles. The minimum atomic E-state index is -4.15. The maximum absolute atomic E-state index is 12.1. The van der Waals surface area contributed by atoms with Crippen molar-refractivity contribution in [2.45, 2.75) is 24.7 Å². The van der Waals surface area contributed by atoms with Gasteiger partial charge in [0.1, 0.15) is 4.90 Å². The summed E-state index contributed by atoms with van der Waals surface area (Å²) in [5, 5.41) is 2.43. The van der Waals surface area contributed by atoms with Crippen molar-refractivity contribution in [1.82, 2.24) is 10.0 Å². The molecule has 0 unspecified atom stereocenters. The van der Waals surface area contributed by atoms with E-state index >= 15 is 0 Å². The number of hydrogen-bond acceptors (Lipinski definition) is 5. The number of hydrogen-bond donors (Lipinski definition) is 2. The van der Waals surface area contributed by atoms with E-state index in [9.17, 15) is 18.0 Å². The Morgan fingerprint density at radius 3 is 2.52 bits per heavy atom. The Hall–Kier alpha value is -2.09. The van der Waals surface area contributed by atoms with E-state index in [1.54, 1.807) is 0 Å². The maximum Gasteiger partial charge on any atom is 0.339 e. The van der Waals surface area contributed by atoms with Gasteiger partial charge in [0.05, 0.1) is 12.7 Å². The molecular formula is C13H18N2O5S. The summed E-state index contributed by atoms with van der Waals surface area (Å²) < 4.78 is 30.7. The first-order valence-electron chi connectivity index (χ1n) is 6.40.